The van der Waals surface area contributed by atoms with Gasteiger partial charge in [-0.1, -0.05) is 30.3 Å². The van der Waals surface area contributed by atoms with Gasteiger partial charge in [0.2, 0.25) is 11.9 Å². The van der Waals surface area contributed by atoms with Gasteiger partial charge in [-0.3, -0.25) is 15.1 Å². The van der Waals surface area contributed by atoms with Crippen molar-refractivity contribution in [2.24, 2.45) is 17.8 Å². The fraction of sp³-hybridized carbons (Fsp3) is 0.263. The van der Waals surface area contributed by atoms with E-state index < -0.39 is 12.0 Å². The van der Waals surface area contributed by atoms with Crippen LogP contribution >= 0.6 is 0 Å². The third kappa shape index (κ3) is 3.52. The molecule has 2 aromatic heterocycles. The number of aromatic nitrogens is 4. The van der Waals surface area contributed by atoms with E-state index in [0.29, 0.717) is 29.6 Å². The lowest BCUT2D eigenvalue weighted by molar-refractivity contribution is -0.138. The number of hydrogen-bond acceptors (Lipinski definition) is 6. The smallest absolute Gasteiger partial charge is 0.320 e. The summed E-state index contributed by atoms with van der Waals surface area (Å²) in [5, 5.41) is 13.0. The number of fused-ring (bicyclic) bond motifs is 1. The zero-order valence-electron chi connectivity index (χ0n) is 15.3. The topological polar surface area (TPSA) is 134 Å². The number of carboxylic acid groups (broad SMARTS) is 1. The number of nitrogens with one attached hydrogen (secondary N) is 2. The molecule has 3 heterocycles. The Morgan fingerprint density at radius 2 is 2.21 bits per heavy atom. The number of imidazole rings is 2. The van der Waals surface area contributed by atoms with Crippen LogP contribution in [-0.4, -0.2) is 43.2 Å². The monoisotopic (exact) mass is 379 g/mol. The molecule has 0 bridgehead atoms. The lowest BCUT2D eigenvalue weighted by atomic mass is 9.98. The van der Waals surface area contributed by atoms with Crippen LogP contribution in [0, 0.1) is 0 Å². The molecule has 0 saturated heterocycles. The Morgan fingerprint density at radius 3 is 2.96 bits per heavy atom. The number of rotatable bonds is 6. The first-order chi connectivity index (χ1) is 13.5. The summed E-state index contributed by atoms with van der Waals surface area (Å²) >= 11 is 0. The number of aromatic amines is 1. The van der Waals surface area contributed by atoms with Gasteiger partial charge in [0.25, 0.3) is 0 Å². The average molecular weight is 379 g/mol. The zero-order valence-corrected chi connectivity index (χ0v) is 15.3. The maximum atomic E-state index is 10.9. The second-order valence-corrected chi connectivity index (χ2v) is 6.76. The van der Waals surface area contributed by atoms with Crippen molar-refractivity contribution >= 4 is 23.9 Å². The largest absolute Gasteiger partial charge is 0.480 e. The van der Waals surface area contributed by atoms with E-state index in [-0.39, 0.29) is 12.3 Å². The van der Waals surface area contributed by atoms with Crippen LogP contribution in [0.1, 0.15) is 17.2 Å². The van der Waals surface area contributed by atoms with Crippen molar-refractivity contribution in [2.75, 3.05) is 11.9 Å². The summed E-state index contributed by atoms with van der Waals surface area (Å²) in [6, 6.07) is 9.28. The fourth-order valence-electron chi connectivity index (χ4n) is 3.20. The molecular formula is C19H21N7O2. The molecule has 5 N–H and O–H groups in total. The predicted molar refractivity (Wildman–Crippen MR) is 104 cm³/mol. The van der Waals surface area contributed by atoms with E-state index in [2.05, 4.69) is 43.5 Å². The van der Waals surface area contributed by atoms with Crippen molar-refractivity contribution < 1.29 is 9.90 Å². The van der Waals surface area contributed by atoms with Crippen molar-refractivity contribution in [2.45, 2.75) is 18.4 Å². The molecule has 3 aromatic rings. The molecule has 9 heteroatoms. The van der Waals surface area contributed by atoms with Crippen LogP contribution in [0.3, 0.4) is 0 Å². The van der Waals surface area contributed by atoms with Gasteiger partial charge in [-0.05, 0) is 11.6 Å². The highest BCUT2D eigenvalue weighted by Crippen LogP contribution is 2.18. The lowest BCUT2D eigenvalue weighted by Crippen LogP contribution is -2.34. The van der Waals surface area contributed by atoms with E-state index in [0.717, 1.165) is 5.35 Å². The minimum absolute atomic E-state index is 0.170. The molecule has 0 spiro atoms. The maximum Gasteiger partial charge on any atom is 0.320 e. The molecule has 0 aliphatic carbocycles. The summed E-state index contributed by atoms with van der Waals surface area (Å²) in [6.07, 6.45) is 3.91. The number of carbonyl (C=O) groups is 1. The van der Waals surface area contributed by atoms with Gasteiger partial charge in [0.1, 0.15) is 6.04 Å². The molecule has 0 radical (unpaired) electrons. The van der Waals surface area contributed by atoms with E-state index in [1.165, 1.54) is 5.56 Å². The van der Waals surface area contributed by atoms with Crippen molar-refractivity contribution in [3.8, 4) is 0 Å². The van der Waals surface area contributed by atoms with Crippen molar-refractivity contribution in [3.05, 3.63) is 58.6 Å². The minimum Gasteiger partial charge on any atom is -0.480 e. The summed E-state index contributed by atoms with van der Waals surface area (Å²) in [5.41, 5.74) is 8.11. The number of H-pyrrole nitrogens is 1. The highest BCUT2D eigenvalue weighted by molar-refractivity contribution is 5.73. The number of benzene rings is 1. The molecule has 28 heavy (non-hydrogen) atoms. The van der Waals surface area contributed by atoms with E-state index in [9.17, 15) is 4.79 Å². The van der Waals surface area contributed by atoms with Crippen molar-refractivity contribution in [1.82, 2.24) is 19.5 Å². The normalized spacial score (nSPS) is 16.6. The highest BCUT2D eigenvalue weighted by Gasteiger charge is 2.17. The second kappa shape index (κ2) is 7.28. The molecule has 1 aliphatic heterocycles. The van der Waals surface area contributed by atoms with Crippen LogP contribution in [0.4, 0.5) is 11.9 Å². The predicted octanol–water partition coefficient (Wildman–Crippen LogP) is 0.0387. The van der Waals surface area contributed by atoms with Crippen molar-refractivity contribution in [3.63, 3.8) is 0 Å². The first kappa shape index (κ1) is 17.9. The Bertz CT molecular complexity index is 1120. The molecule has 2 atom stereocenters. The van der Waals surface area contributed by atoms with Gasteiger partial charge in [-0.2, -0.15) is 4.98 Å². The first-order valence-electron chi connectivity index (χ1n) is 8.94. The molecule has 4 rings (SSSR count). The average Bonchev–Trinajstić information content (AvgIpc) is 3.26. The molecule has 1 aromatic carbocycles. The molecule has 9 nitrogen and oxygen atoms in total. The van der Waals surface area contributed by atoms with Crippen LogP contribution in [0.15, 0.2) is 41.5 Å². The first-order valence-corrected chi connectivity index (χ1v) is 8.94. The standard InChI is InChI=1S/C19H21N7O2/c1-26-15-7-12(11-5-3-2-4-6-11)9-21-16(15)24-19(26)25-18-22-10-13(23-18)8-14(20)17(27)28/h2-7,10,12,14H,8-9,20H2,1H3,(H,27,28)(H2,21,22,23,24,25)/t12?,14-/m0/s1. The Labute approximate surface area is 160 Å². The molecule has 1 aliphatic rings. The SMILES string of the molecule is Cn1c(Nc2ncc(C[C@H](N)C(=O)O)[nH]2)nc2c1=CC(c1ccccc1)CN=2. The van der Waals surface area contributed by atoms with Gasteiger partial charge in [0.05, 0.1) is 18.1 Å². The van der Waals surface area contributed by atoms with E-state index in [1.54, 1.807) is 6.20 Å². The summed E-state index contributed by atoms with van der Waals surface area (Å²) in [4.78, 5) is 27.3. The van der Waals surface area contributed by atoms with Crippen LogP contribution in [0.2, 0.25) is 0 Å². The Morgan fingerprint density at radius 1 is 1.43 bits per heavy atom. The maximum absolute atomic E-state index is 10.9. The molecule has 0 fully saturated rings. The van der Waals surface area contributed by atoms with Gasteiger partial charge < -0.3 is 20.4 Å². The van der Waals surface area contributed by atoms with Gasteiger partial charge in [0, 0.05) is 25.1 Å². The molecule has 0 saturated carbocycles. The Hall–Kier alpha value is -3.46. The summed E-state index contributed by atoms with van der Waals surface area (Å²) in [7, 11) is 1.91. The highest BCUT2D eigenvalue weighted by atomic mass is 16.4. The summed E-state index contributed by atoms with van der Waals surface area (Å²) < 4.78 is 1.93. The Balaban J connectivity index is 1.56. The van der Waals surface area contributed by atoms with Crippen LogP contribution in [0.5, 0.6) is 0 Å². The molecular weight excluding hydrogens is 358 g/mol. The second-order valence-electron chi connectivity index (χ2n) is 6.76. The van der Waals surface area contributed by atoms with Crippen LogP contribution < -0.4 is 21.9 Å². The number of nitrogens with two attached hydrogens (primary N) is 1. The number of hydrogen-bond donors (Lipinski definition) is 4. The lowest BCUT2D eigenvalue weighted by Gasteiger charge is -2.12. The van der Waals surface area contributed by atoms with E-state index >= 15 is 0 Å². The minimum atomic E-state index is -1.05. The number of carboxylic acids is 1. The van der Waals surface area contributed by atoms with Gasteiger partial charge in [-0.15, -0.1) is 0 Å². The van der Waals surface area contributed by atoms with Gasteiger partial charge in [-0.25, -0.2) is 4.98 Å². The quantitative estimate of drug-likeness (QED) is 0.478. The van der Waals surface area contributed by atoms with Gasteiger partial charge in [0.15, 0.2) is 5.49 Å². The zero-order chi connectivity index (χ0) is 19.7. The van der Waals surface area contributed by atoms with Crippen LogP contribution in [-0.2, 0) is 18.3 Å². The molecule has 0 amide bonds. The summed E-state index contributed by atoms with van der Waals surface area (Å²) in [6.45, 7) is 0.658. The van der Waals surface area contributed by atoms with E-state index in [4.69, 9.17) is 10.8 Å². The number of aliphatic carboxylic acids is 1. The van der Waals surface area contributed by atoms with Gasteiger partial charge >= 0.3 is 5.97 Å². The van der Waals surface area contributed by atoms with Crippen LogP contribution in [0.25, 0.3) is 6.08 Å². The molecule has 1 unspecified atom stereocenters. The number of nitrogens with zero attached hydrogens (tertiary/aromatic N) is 4. The Kier molecular flexibility index (Phi) is 4.66. The van der Waals surface area contributed by atoms with Crippen molar-refractivity contribution in [1.29, 1.82) is 0 Å². The van der Waals surface area contributed by atoms with E-state index in [1.807, 2.05) is 29.8 Å². The third-order valence-electron chi connectivity index (χ3n) is 4.76. The fourth-order valence-corrected chi connectivity index (χ4v) is 3.20. The summed E-state index contributed by atoms with van der Waals surface area (Å²) in [5.74, 6) is 0.232. The molecule has 144 valence electrons. The number of anilines is 2. The third-order valence-corrected chi connectivity index (χ3v) is 4.76.